The summed E-state index contributed by atoms with van der Waals surface area (Å²) < 4.78 is 5.46. The maximum Gasteiger partial charge on any atom is 0.338 e. The molecule has 0 aliphatic heterocycles. The van der Waals surface area contributed by atoms with Crippen molar-refractivity contribution in [1.29, 1.82) is 0 Å². The van der Waals surface area contributed by atoms with Gasteiger partial charge in [-0.25, -0.2) is 4.79 Å². The highest BCUT2D eigenvalue weighted by Gasteiger charge is 2.25. The number of anilines is 1. The predicted octanol–water partition coefficient (Wildman–Crippen LogP) is 1.50. The van der Waals surface area contributed by atoms with E-state index in [1.54, 1.807) is 36.7 Å². The summed E-state index contributed by atoms with van der Waals surface area (Å²) in [7, 11) is 34.7. The summed E-state index contributed by atoms with van der Waals surface area (Å²) in [4.78, 5) is 30.0. The van der Waals surface area contributed by atoms with Gasteiger partial charge in [-0.05, 0) is 40.8 Å². The fraction of sp³-hybridized carbons (Fsp3) is 0.179. The first-order chi connectivity index (χ1) is 18.9. The smallest absolute Gasteiger partial charge is 0.338 e. The molecular weight excluding hydrogens is 491 g/mol. The Balaban J connectivity index is 1.43. The molecule has 4 rings (SSSR count). The number of hydrogen-bond acceptors (Lipinski definition) is 5. The molecule has 0 saturated carbocycles. The van der Waals surface area contributed by atoms with Crippen LogP contribution in [0.4, 0.5) is 5.69 Å². The zero-order valence-corrected chi connectivity index (χ0v) is 21.7. The Kier molecular flexibility index (Phi) is 8.69. The van der Waals surface area contributed by atoms with E-state index in [9.17, 15) is 9.59 Å². The number of benzene rings is 3. The Hall–Kier alpha value is -3.64. The van der Waals surface area contributed by atoms with Crippen LogP contribution in [-0.2, 0) is 26.4 Å². The van der Waals surface area contributed by atoms with Gasteiger partial charge in [0.05, 0.1) is 58.6 Å². The van der Waals surface area contributed by atoms with Gasteiger partial charge in [-0.15, -0.1) is 10.2 Å². The molecule has 0 saturated heterocycles. The molecule has 0 fully saturated rings. The second-order valence-corrected chi connectivity index (χ2v) is 9.66. The molecule has 1 atom stereocenters. The van der Waals surface area contributed by atoms with Crippen molar-refractivity contribution in [2.75, 3.05) is 11.9 Å². The van der Waals surface area contributed by atoms with E-state index < -0.39 is 22.1 Å². The number of rotatable bonds is 9. The number of aromatic nitrogens is 1. The molecule has 1 aromatic heterocycles. The van der Waals surface area contributed by atoms with Gasteiger partial charge in [-0.3, -0.25) is 9.78 Å². The number of ether oxygens (including phenoxy) is 1. The Morgan fingerprint density at radius 3 is 2.25 bits per heavy atom. The third-order valence-electron chi connectivity index (χ3n) is 6.42. The summed E-state index contributed by atoms with van der Waals surface area (Å²) in [6.45, 7) is 0.0399. The van der Waals surface area contributed by atoms with Crippen LogP contribution in [-0.4, -0.2) is 70.5 Å². The Labute approximate surface area is 241 Å². The highest BCUT2D eigenvalue weighted by atomic mass is 16.5. The van der Waals surface area contributed by atoms with Crippen molar-refractivity contribution in [1.82, 2.24) is 4.98 Å². The molecule has 0 bridgehead atoms. The van der Waals surface area contributed by atoms with E-state index in [4.69, 9.17) is 57.5 Å². The summed E-state index contributed by atoms with van der Waals surface area (Å²) >= 11 is 0. The number of esters is 1. The third kappa shape index (κ3) is 6.92. The maximum absolute atomic E-state index is 13.0. The van der Waals surface area contributed by atoms with Crippen LogP contribution in [0, 0.1) is 0 Å². The lowest BCUT2D eigenvalue weighted by Crippen LogP contribution is -2.32. The molecule has 6 nitrogen and oxygen atoms in total. The molecule has 0 aliphatic carbocycles. The van der Waals surface area contributed by atoms with Crippen molar-refractivity contribution >= 4 is 75.4 Å². The van der Waals surface area contributed by atoms with Crippen LogP contribution in [0.15, 0.2) is 79.1 Å². The molecule has 3 N–H and O–H groups in total. The zero-order chi connectivity index (χ0) is 29.1. The summed E-state index contributed by atoms with van der Waals surface area (Å²) in [5, 5.41) is 1.29. The number of pyridine rings is 1. The summed E-state index contributed by atoms with van der Waals surface area (Å²) in [5.74, 6) is -1.54. The second kappa shape index (κ2) is 11.8. The van der Waals surface area contributed by atoms with E-state index in [1.165, 1.54) is 18.2 Å². The van der Waals surface area contributed by atoms with Crippen LogP contribution in [0.5, 0.6) is 0 Å². The van der Waals surface area contributed by atoms with Crippen molar-refractivity contribution in [3.05, 3.63) is 107 Å². The van der Waals surface area contributed by atoms with Crippen molar-refractivity contribution < 1.29 is 14.3 Å². The van der Waals surface area contributed by atoms with Gasteiger partial charge in [0.15, 0.2) is 0 Å². The average Bonchev–Trinajstić information content (AvgIpc) is 2.91. The predicted molar refractivity (Wildman–Crippen MR) is 162 cm³/mol. The minimum atomic E-state index is -1.88. The van der Waals surface area contributed by atoms with E-state index in [-0.39, 0.29) is 35.7 Å². The molecule has 12 radical (unpaired) electrons. The molecule has 0 aliphatic rings. The molecular formula is C28H21B6N3O3. The lowest BCUT2D eigenvalue weighted by atomic mass is 9.37. The number of hydrogen-bond donors (Lipinski definition) is 2. The summed E-state index contributed by atoms with van der Waals surface area (Å²) in [5.41, 5.74) is 8.38. The van der Waals surface area contributed by atoms with E-state index in [0.29, 0.717) is 16.8 Å². The number of nitrogens with zero attached hydrogens (tertiary/aromatic N) is 1. The fourth-order valence-corrected chi connectivity index (χ4v) is 4.21. The van der Waals surface area contributed by atoms with Gasteiger partial charge in [0.1, 0.15) is 6.61 Å². The van der Waals surface area contributed by atoms with Crippen molar-refractivity contribution in [3.8, 4) is 0 Å². The lowest BCUT2D eigenvalue weighted by molar-refractivity contribution is -0.117. The highest BCUT2D eigenvalue weighted by molar-refractivity contribution is 6.60. The number of carbonyl (C=O) groups is 2. The monoisotopic (exact) mass is 513 g/mol. The molecule has 12 heteroatoms. The summed E-state index contributed by atoms with van der Waals surface area (Å²) in [6.07, 6.45) is 3.45. The van der Waals surface area contributed by atoms with Gasteiger partial charge in [0, 0.05) is 30.0 Å². The maximum atomic E-state index is 13.0. The van der Waals surface area contributed by atoms with E-state index in [2.05, 4.69) is 10.3 Å². The Bertz CT molecular complexity index is 1540. The normalized spacial score (nSPS) is 12.5. The van der Waals surface area contributed by atoms with Gasteiger partial charge in [-0.2, -0.15) is 0 Å². The van der Waals surface area contributed by atoms with Gasteiger partial charge >= 0.3 is 5.97 Å². The molecule has 0 spiro atoms. The van der Waals surface area contributed by atoms with E-state index in [0.717, 1.165) is 10.8 Å². The van der Waals surface area contributed by atoms with Crippen LogP contribution in [0.2, 0.25) is 0 Å². The minimum Gasteiger partial charge on any atom is -0.457 e. The second-order valence-electron chi connectivity index (χ2n) is 9.66. The van der Waals surface area contributed by atoms with Crippen molar-refractivity contribution in [2.45, 2.75) is 22.8 Å². The van der Waals surface area contributed by atoms with Crippen molar-refractivity contribution in [2.24, 2.45) is 5.73 Å². The molecule has 184 valence electrons. The quantitative estimate of drug-likeness (QED) is 0.262. The van der Waals surface area contributed by atoms with Crippen LogP contribution in [0.1, 0.15) is 38.5 Å². The first kappa shape index (κ1) is 29.3. The first-order valence-corrected chi connectivity index (χ1v) is 12.4. The SMILES string of the molecule is [B]C([B])([B])c1ccc(C(=O)OCc2ccc([C@@H](CN)C(=O)Nc3ccc4cnccc4c3)cc2)c(C([B])([B])[B])c1. The number of amides is 1. The van der Waals surface area contributed by atoms with Gasteiger partial charge in [0.25, 0.3) is 0 Å². The molecule has 1 amide bonds. The van der Waals surface area contributed by atoms with Crippen LogP contribution in [0.3, 0.4) is 0 Å². The molecule has 1 heterocycles. The molecule has 40 heavy (non-hydrogen) atoms. The van der Waals surface area contributed by atoms with Crippen LogP contribution < -0.4 is 11.1 Å². The van der Waals surface area contributed by atoms with Crippen LogP contribution >= 0.6 is 0 Å². The fourth-order valence-electron chi connectivity index (χ4n) is 4.21. The van der Waals surface area contributed by atoms with Gasteiger partial charge in [0.2, 0.25) is 5.91 Å². The van der Waals surface area contributed by atoms with E-state index in [1.807, 2.05) is 24.3 Å². The summed E-state index contributed by atoms with van der Waals surface area (Å²) in [6, 6.07) is 18.7. The van der Waals surface area contributed by atoms with Gasteiger partial charge in [-0.1, -0.05) is 53.6 Å². The minimum absolute atomic E-state index is 0.0435. The largest absolute Gasteiger partial charge is 0.457 e. The number of nitrogens with two attached hydrogens (primary N) is 1. The average molecular weight is 512 g/mol. The molecule has 0 unspecified atom stereocenters. The zero-order valence-electron chi connectivity index (χ0n) is 21.7. The molecule has 3 aromatic carbocycles. The van der Waals surface area contributed by atoms with Gasteiger partial charge < -0.3 is 15.8 Å². The van der Waals surface area contributed by atoms with E-state index >= 15 is 0 Å². The first-order valence-electron chi connectivity index (χ1n) is 12.4. The Morgan fingerprint density at radius 1 is 0.875 bits per heavy atom. The third-order valence-corrected chi connectivity index (χ3v) is 6.42. The van der Waals surface area contributed by atoms with Crippen LogP contribution in [0.25, 0.3) is 10.8 Å². The topological polar surface area (TPSA) is 94.3 Å². The Morgan fingerprint density at radius 2 is 1.60 bits per heavy atom. The number of carbonyl (C=O) groups excluding carboxylic acids is 2. The highest BCUT2D eigenvalue weighted by Crippen LogP contribution is 2.26. The van der Waals surface area contributed by atoms with Crippen molar-refractivity contribution in [3.63, 3.8) is 0 Å². The number of fused-ring (bicyclic) bond motifs is 1. The lowest BCUT2D eigenvalue weighted by Gasteiger charge is -2.28. The standard InChI is InChI=1S/C28H21B6N3O3/c29-27(30,31)20-6-8-22(24(12-20)28(32,33)34)26(39)40-15-16-1-3-17(4-2-16)23(13-35)25(38)37-21-7-5-19-14-36-10-9-18(19)11-21/h1-12,14,23H,13,15,35H2,(H,37,38)/t23-/m1/s1. The number of nitrogens with one attached hydrogen (secondary N) is 1. The molecule has 4 aromatic rings.